The zero-order valence-corrected chi connectivity index (χ0v) is 19.5. The smallest absolute Gasteiger partial charge is 0.194 e. The Bertz CT molecular complexity index is 1410. The van der Waals surface area contributed by atoms with Crippen LogP contribution < -0.4 is 5.32 Å². The summed E-state index contributed by atoms with van der Waals surface area (Å²) < 4.78 is 13.7. The van der Waals surface area contributed by atoms with Crippen LogP contribution in [0.4, 0.5) is 4.39 Å². The van der Waals surface area contributed by atoms with Crippen LogP contribution >= 0.6 is 11.3 Å². The van der Waals surface area contributed by atoms with Gasteiger partial charge in [0.2, 0.25) is 0 Å². The van der Waals surface area contributed by atoms with Gasteiger partial charge in [-0.2, -0.15) is 5.10 Å². The lowest BCUT2D eigenvalue weighted by Crippen LogP contribution is -2.52. The monoisotopic (exact) mass is 470 g/mol. The number of aromatic amines is 1. The third-order valence-corrected chi connectivity index (χ3v) is 7.75. The standard InChI is InChI=1S/C27H23FN4OS/c1-16-3-2-4-21(24(16)17-5-7-20(28)8-6-17)25-27(26(33)23-14-34-15-30-23)12-18-13-31-32-22(18)11-19(27)9-10-29-25/h2-8,11,13-15,25,29H,9-10,12H2,1H3,(H,31,32)/t25-,27?/m1/s1. The van der Waals surface area contributed by atoms with E-state index in [-0.39, 0.29) is 17.6 Å². The first-order chi connectivity index (χ1) is 16.6. The van der Waals surface area contributed by atoms with E-state index in [1.165, 1.54) is 23.5 Å². The van der Waals surface area contributed by atoms with Crippen molar-refractivity contribution in [2.24, 2.45) is 5.41 Å². The van der Waals surface area contributed by atoms with Gasteiger partial charge in [0.15, 0.2) is 5.78 Å². The number of Topliss-reactive ketones (excluding diaryl/α,β-unsaturated/α-hetero) is 1. The van der Waals surface area contributed by atoms with Gasteiger partial charge < -0.3 is 5.32 Å². The molecule has 2 N–H and O–H groups in total. The zero-order valence-electron chi connectivity index (χ0n) is 18.6. The third kappa shape index (κ3) is 3.19. The lowest BCUT2D eigenvalue weighted by molar-refractivity contribution is 0.0739. The highest BCUT2D eigenvalue weighted by atomic mass is 32.1. The van der Waals surface area contributed by atoms with Crippen molar-refractivity contribution in [3.8, 4) is 11.1 Å². The van der Waals surface area contributed by atoms with Crippen LogP contribution in [-0.2, 0) is 6.42 Å². The number of rotatable bonds is 4. The highest BCUT2D eigenvalue weighted by Crippen LogP contribution is 2.53. The van der Waals surface area contributed by atoms with Gasteiger partial charge in [0.1, 0.15) is 11.5 Å². The molecular formula is C27H23FN4OS. The summed E-state index contributed by atoms with van der Waals surface area (Å²) in [5.41, 5.74) is 8.55. The Morgan fingerprint density at radius 1 is 1.21 bits per heavy atom. The molecule has 0 saturated carbocycles. The predicted molar refractivity (Wildman–Crippen MR) is 131 cm³/mol. The summed E-state index contributed by atoms with van der Waals surface area (Å²) in [7, 11) is 0. The van der Waals surface area contributed by atoms with Crippen LogP contribution in [0, 0.1) is 18.2 Å². The van der Waals surface area contributed by atoms with Gasteiger partial charge in [0.25, 0.3) is 0 Å². The molecule has 1 fully saturated rings. The van der Waals surface area contributed by atoms with Crippen molar-refractivity contribution >= 4 is 23.2 Å². The quantitative estimate of drug-likeness (QED) is 0.385. The normalized spacial score (nSPS) is 21.5. The fraction of sp³-hybridized carbons (Fsp3) is 0.222. The highest BCUT2D eigenvalue weighted by molar-refractivity contribution is 7.07. The number of carbonyl (C=O) groups is 1. The van der Waals surface area contributed by atoms with E-state index in [1.807, 2.05) is 29.8 Å². The molecule has 1 aliphatic heterocycles. The number of thiazole rings is 1. The van der Waals surface area contributed by atoms with Crippen molar-refractivity contribution in [1.82, 2.24) is 20.5 Å². The first-order valence-electron chi connectivity index (χ1n) is 11.3. The van der Waals surface area contributed by atoms with Gasteiger partial charge in [-0.05, 0) is 72.3 Å². The third-order valence-electron chi connectivity index (χ3n) is 7.17. The van der Waals surface area contributed by atoms with Gasteiger partial charge >= 0.3 is 0 Å². The van der Waals surface area contributed by atoms with Crippen LogP contribution in [-0.4, -0.2) is 27.5 Å². The molecule has 2 aliphatic rings. The first-order valence-corrected chi connectivity index (χ1v) is 12.3. The van der Waals surface area contributed by atoms with Gasteiger partial charge in [-0.3, -0.25) is 9.89 Å². The van der Waals surface area contributed by atoms with E-state index in [4.69, 9.17) is 0 Å². The summed E-state index contributed by atoms with van der Waals surface area (Å²) in [6.45, 7) is 2.81. The maximum absolute atomic E-state index is 14.3. The number of nitrogens with one attached hydrogen (secondary N) is 2. The number of piperidine rings is 1. The van der Waals surface area contributed by atoms with E-state index >= 15 is 0 Å². The number of nitrogens with zero attached hydrogens (tertiary/aromatic N) is 2. The summed E-state index contributed by atoms with van der Waals surface area (Å²) in [5, 5.41) is 12.9. The molecule has 0 bridgehead atoms. The van der Waals surface area contributed by atoms with Crippen molar-refractivity contribution in [2.45, 2.75) is 25.8 Å². The van der Waals surface area contributed by atoms with Crippen molar-refractivity contribution in [3.63, 3.8) is 0 Å². The Morgan fingerprint density at radius 3 is 2.85 bits per heavy atom. The molecule has 2 aromatic heterocycles. The summed E-state index contributed by atoms with van der Waals surface area (Å²) in [6, 6.07) is 12.5. The molecule has 170 valence electrons. The molecule has 6 rings (SSSR count). The second-order valence-corrected chi connectivity index (χ2v) is 9.73. The molecule has 4 aromatic rings. The molecule has 7 heteroatoms. The Balaban J connectivity index is 1.59. The Labute approximate surface area is 200 Å². The average molecular weight is 471 g/mol. The maximum Gasteiger partial charge on any atom is 0.194 e. The SMILES string of the molecule is Cc1cccc([C@H]2NCCC3=Cc4[nH]ncc4CC32C(=O)c2cscn2)c1-c1ccc(F)cc1. The number of H-pyrrole nitrogens is 1. The Hall–Kier alpha value is -3.42. The fourth-order valence-corrected chi connectivity index (χ4v) is 6.17. The first kappa shape index (κ1) is 21.1. The molecule has 1 unspecified atom stereocenters. The molecule has 34 heavy (non-hydrogen) atoms. The summed E-state index contributed by atoms with van der Waals surface area (Å²) in [6.07, 6.45) is 5.23. The van der Waals surface area contributed by atoms with Crippen molar-refractivity contribution < 1.29 is 9.18 Å². The van der Waals surface area contributed by atoms with Crippen molar-refractivity contribution in [3.05, 3.63) is 99.0 Å². The van der Waals surface area contributed by atoms with Crippen molar-refractivity contribution in [1.29, 1.82) is 0 Å². The molecule has 0 amide bonds. The lowest BCUT2D eigenvalue weighted by Gasteiger charge is -2.47. The number of aromatic nitrogens is 3. The largest absolute Gasteiger partial charge is 0.308 e. The molecule has 3 heterocycles. The van der Waals surface area contributed by atoms with Crippen LogP contribution in [0.3, 0.4) is 0 Å². The molecule has 1 aliphatic carbocycles. The van der Waals surface area contributed by atoms with Crippen LogP contribution in [0.5, 0.6) is 0 Å². The second kappa shape index (κ2) is 8.11. The Morgan fingerprint density at radius 2 is 2.06 bits per heavy atom. The summed E-state index contributed by atoms with van der Waals surface area (Å²) >= 11 is 1.43. The van der Waals surface area contributed by atoms with Crippen LogP contribution in [0.1, 0.15) is 45.3 Å². The van der Waals surface area contributed by atoms with Gasteiger partial charge in [-0.1, -0.05) is 35.9 Å². The Kier molecular flexibility index (Phi) is 5.04. The number of carbonyl (C=O) groups excluding carboxylic acids is 1. The van der Waals surface area contributed by atoms with Crippen LogP contribution in [0.2, 0.25) is 0 Å². The van der Waals surface area contributed by atoms with E-state index in [2.05, 4.69) is 45.6 Å². The number of ketones is 1. The average Bonchev–Trinajstić information content (AvgIpc) is 3.54. The number of hydrogen-bond acceptors (Lipinski definition) is 5. The maximum atomic E-state index is 14.3. The number of hydrogen-bond donors (Lipinski definition) is 2. The number of halogens is 1. The topological polar surface area (TPSA) is 70.7 Å². The number of benzene rings is 2. The second-order valence-electron chi connectivity index (χ2n) is 9.01. The highest BCUT2D eigenvalue weighted by Gasteiger charge is 2.53. The molecule has 0 spiro atoms. The summed E-state index contributed by atoms with van der Waals surface area (Å²) in [4.78, 5) is 18.7. The zero-order chi connectivity index (χ0) is 23.3. The molecule has 5 nitrogen and oxygen atoms in total. The van der Waals surface area contributed by atoms with E-state index in [1.54, 1.807) is 5.51 Å². The van der Waals surface area contributed by atoms with E-state index in [9.17, 15) is 9.18 Å². The van der Waals surface area contributed by atoms with Crippen molar-refractivity contribution in [2.75, 3.05) is 6.54 Å². The molecule has 2 atom stereocenters. The van der Waals surface area contributed by atoms with Gasteiger partial charge in [0.05, 0.1) is 22.8 Å². The minimum absolute atomic E-state index is 0.0237. The summed E-state index contributed by atoms with van der Waals surface area (Å²) in [5.74, 6) is -0.245. The van der Waals surface area contributed by atoms with E-state index in [0.717, 1.165) is 52.0 Å². The molecule has 1 saturated heterocycles. The van der Waals surface area contributed by atoms with E-state index in [0.29, 0.717) is 12.1 Å². The number of aryl methyl sites for hydroxylation is 1. The van der Waals surface area contributed by atoms with Crippen LogP contribution in [0.25, 0.3) is 17.2 Å². The minimum Gasteiger partial charge on any atom is -0.308 e. The van der Waals surface area contributed by atoms with Gasteiger partial charge in [0, 0.05) is 11.4 Å². The predicted octanol–water partition coefficient (Wildman–Crippen LogP) is 5.52. The van der Waals surface area contributed by atoms with Gasteiger partial charge in [-0.15, -0.1) is 11.3 Å². The molecular weight excluding hydrogens is 447 g/mol. The van der Waals surface area contributed by atoms with Gasteiger partial charge in [-0.25, -0.2) is 9.37 Å². The van der Waals surface area contributed by atoms with Crippen LogP contribution in [0.15, 0.2) is 65.1 Å². The molecule has 2 aromatic carbocycles. The fourth-order valence-electron chi connectivity index (χ4n) is 5.64. The lowest BCUT2D eigenvalue weighted by atomic mass is 9.59. The minimum atomic E-state index is -0.828. The molecule has 0 radical (unpaired) electrons. The number of fused-ring (bicyclic) bond motifs is 2. The van der Waals surface area contributed by atoms with E-state index < -0.39 is 5.41 Å².